The van der Waals surface area contributed by atoms with Gasteiger partial charge in [-0.3, -0.25) is 4.90 Å². The van der Waals surface area contributed by atoms with Gasteiger partial charge in [-0.05, 0) is 32.2 Å². The van der Waals surface area contributed by atoms with E-state index in [-0.39, 0.29) is 12.0 Å². The average Bonchev–Trinajstić information content (AvgIpc) is 2.80. The second-order valence-electron chi connectivity index (χ2n) is 6.50. The summed E-state index contributed by atoms with van der Waals surface area (Å²) in [6.07, 6.45) is 2.61. The summed E-state index contributed by atoms with van der Waals surface area (Å²) < 4.78 is 37.0. The van der Waals surface area contributed by atoms with Crippen LogP contribution in [0.4, 0.5) is 13.2 Å². The van der Waals surface area contributed by atoms with Crippen molar-refractivity contribution in [3.63, 3.8) is 0 Å². The minimum atomic E-state index is -4.01. The number of nitrogens with zero attached hydrogens (tertiary/aromatic N) is 1. The molecular formula is C15H27F3N2. The maximum atomic E-state index is 12.3. The van der Waals surface area contributed by atoms with Crippen LogP contribution in [-0.2, 0) is 0 Å². The molecule has 1 saturated heterocycles. The van der Waals surface area contributed by atoms with E-state index in [1.54, 1.807) is 0 Å². The molecule has 1 spiro atoms. The van der Waals surface area contributed by atoms with Gasteiger partial charge in [-0.2, -0.15) is 13.2 Å². The normalized spacial score (nSPS) is 27.3. The Hall–Kier alpha value is -0.290. The molecule has 1 heterocycles. The highest BCUT2D eigenvalue weighted by Gasteiger charge is 2.40. The van der Waals surface area contributed by atoms with Crippen molar-refractivity contribution < 1.29 is 13.2 Å². The Morgan fingerprint density at radius 2 is 1.95 bits per heavy atom. The van der Waals surface area contributed by atoms with Crippen LogP contribution >= 0.6 is 0 Å². The molecule has 0 aromatic carbocycles. The van der Waals surface area contributed by atoms with Crippen molar-refractivity contribution in [2.24, 2.45) is 0 Å². The molecule has 1 N–H and O–H groups in total. The first-order valence-corrected chi connectivity index (χ1v) is 8.00. The summed E-state index contributed by atoms with van der Waals surface area (Å²) in [6.45, 7) is 4.62. The lowest BCUT2D eigenvalue weighted by Gasteiger charge is -2.46. The van der Waals surface area contributed by atoms with Crippen molar-refractivity contribution in [1.82, 2.24) is 10.2 Å². The van der Waals surface area contributed by atoms with E-state index in [0.29, 0.717) is 12.6 Å². The van der Waals surface area contributed by atoms with Crippen LogP contribution < -0.4 is 5.32 Å². The Balaban J connectivity index is 1.89. The van der Waals surface area contributed by atoms with Crippen molar-refractivity contribution >= 4 is 0 Å². The molecule has 0 bridgehead atoms. The highest BCUT2D eigenvalue weighted by Crippen LogP contribution is 2.34. The second-order valence-corrected chi connectivity index (χ2v) is 6.50. The standard InChI is InChI=1S/C15H27F3N2/c1-2-6-13-11-19-14(7-3-4-8-14)12-20(13)10-5-9-15(16,17)18/h13,19H,2-12H2,1H3. The van der Waals surface area contributed by atoms with Crippen molar-refractivity contribution in [1.29, 1.82) is 0 Å². The van der Waals surface area contributed by atoms with E-state index in [1.807, 2.05) is 0 Å². The molecule has 1 aliphatic heterocycles. The Morgan fingerprint density at radius 1 is 1.25 bits per heavy atom. The van der Waals surface area contributed by atoms with Crippen LogP contribution in [0.5, 0.6) is 0 Å². The van der Waals surface area contributed by atoms with Crippen molar-refractivity contribution in [3.05, 3.63) is 0 Å². The van der Waals surface area contributed by atoms with E-state index < -0.39 is 12.6 Å². The predicted octanol–water partition coefficient (Wildman–Crippen LogP) is 3.72. The van der Waals surface area contributed by atoms with Gasteiger partial charge in [0.05, 0.1) is 0 Å². The Morgan fingerprint density at radius 3 is 2.55 bits per heavy atom. The van der Waals surface area contributed by atoms with Crippen LogP contribution in [0.2, 0.25) is 0 Å². The van der Waals surface area contributed by atoms with Crippen LogP contribution in [-0.4, -0.2) is 42.3 Å². The molecule has 5 heteroatoms. The fourth-order valence-electron chi connectivity index (χ4n) is 3.79. The van der Waals surface area contributed by atoms with Gasteiger partial charge < -0.3 is 5.32 Å². The number of alkyl halides is 3. The van der Waals surface area contributed by atoms with E-state index >= 15 is 0 Å². The van der Waals surface area contributed by atoms with E-state index in [2.05, 4.69) is 17.1 Å². The molecule has 2 fully saturated rings. The molecule has 1 unspecified atom stereocenters. The third kappa shape index (κ3) is 4.35. The maximum absolute atomic E-state index is 12.3. The van der Waals surface area contributed by atoms with Crippen LogP contribution in [0, 0.1) is 0 Å². The van der Waals surface area contributed by atoms with Gasteiger partial charge in [-0.1, -0.05) is 26.2 Å². The molecule has 2 nitrogen and oxygen atoms in total. The van der Waals surface area contributed by atoms with Crippen molar-refractivity contribution in [3.8, 4) is 0 Å². The summed E-state index contributed by atoms with van der Waals surface area (Å²) in [6, 6.07) is 0.416. The zero-order chi connectivity index (χ0) is 14.6. The quantitative estimate of drug-likeness (QED) is 0.831. The Labute approximate surface area is 120 Å². The summed E-state index contributed by atoms with van der Waals surface area (Å²) in [5, 5.41) is 3.70. The topological polar surface area (TPSA) is 15.3 Å². The molecule has 1 aliphatic carbocycles. The van der Waals surface area contributed by atoms with E-state index in [9.17, 15) is 13.2 Å². The summed E-state index contributed by atoms with van der Waals surface area (Å²) in [4.78, 5) is 2.33. The first-order chi connectivity index (χ1) is 9.44. The zero-order valence-electron chi connectivity index (χ0n) is 12.4. The zero-order valence-corrected chi connectivity index (χ0v) is 12.4. The molecule has 1 saturated carbocycles. The maximum Gasteiger partial charge on any atom is 0.389 e. The number of hydrogen-bond donors (Lipinski definition) is 1. The summed E-state index contributed by atoms with van der Waals surface area (Å²) in [5.74, 6) is 0. The summed E-state index contributed by atoms with van der Waals surface area (Å²) in [7, 11) is 0. The number of piperazine rings is 1. The molecular weight excluding hydrogens is 265 g/mol. The summed E-state index contributed by atoms with van der Waals surface area (Å²) >= 11 is 0. The smallest absolute Gasteiger partial charge is 0.308 e. The first kappa shape index (κ1) is 16.1. The van der Waals surface area contributed by atoms with Gasteiger partial charge in [-0.15, -0.1) is 0 Å². The third-order valence-electron chi connectivity index (χ3n) is 4.82. The molecule has 0 amide bonds. The monoisotopic (exact) mass is 292 g/mol. The van der Waals surface area contributed by atoms with E-state index in [1.165, 1.54) is 25.7 Å². The van der Waals surface area contributed by atoms with Gasteiger partial charge in [0.25, 0.3) is 0 Å². The molecule has 2 rings (SSSR count). The van der Waals surface area contributed by atoms with Gasteiger partial charge in [0.2, 0.25) is 0 Å². The number of nitrogens with one attached hydrogen (secondary N) is 1. The third-order valence-corrected chi connectivity index (χ3v) is 4.82. The number of hydrogen-bond acceptors (Lipinski definition) is 2. The largest absolute Gasteiger partial charge is 0.389 e. The average molecular weight is 292 g/mol. The SMILES string of the molecule is CCCC1CNC2(CCCC2)CN1CCCC(F)(F)F. The fraction of sp³-hybridized carbons (Fsp3) is 1.00. The lowest BCUT2D eigenvalue weighted by Crippen LogP contribution is -2.63. The van der Waals surface area contributed by atoms with Crippen LogP contribution in [0.3, 0.4) is 0 Å². The second kappa shape index (κ2) is 6.65. The lowest BCUT2D eigenvalue weighted by molar-refractivity contribution is -0.136. The molecule has 118 valence electrons. The minimum Gasteiger partial charge on any atom is -0.308 e. The minimum absolute atomic E-state index is 0.197. The highest BCUT2D eigenvalue weighted by molar-refractivity contribution is 5.00. The number of rotatable bonds is 5. The predicted molar refractivity (Wildman–Crippen MR) is 74.8 cm³/mol. The fourth-order valence-corrected chi connectivity index (χ4v) is 3.79. The van der Waals surface area contributed by atoms with Crippen LogP contribution in [0.15, 0.2) is 0 Å². The highest BCUT2D eigenvalue weighted by atomic mass is 19.4. The van der Waals surface area contributed by atoms with Gasteiger partial charge in [0, 0.05) is 31.1 Å². The van der Waals surface area contributed by atoms with Crippen molar-refractivity contribution in [2.75, 3.05) is 19.6 Å². The molecule has 2 aliphatic rings. The lowest BCUT2D eigenvalue weighted by atomic mass is 9.91. The molecule has 20 heavy (non-hydrogen) atoms. The Bertz CT molecular complexity index is 298. The first-order valence-electron chi connectivity index (χ1n) is 8.00. The Kier molecular flexibility index (Phi) is 5.35. The van der Waals surface area contributed by atoms with Crippen LogP contribution in [0.1, 0.15) is 58.3 Å². The van der Waals surface area contributed by atoms with Crippen molar-refractivity contribution in [2.45, 2.75) is 76.0 Å². The van der Waals surface area contributed by atoms with E-state index in [0.717, 1.165) is 25.9 Å². The molecule has 0 aromatic heterocycles. The van der Waals surface area contributed by atoms with Gasteiger partial charge in [0.1, 0.15) is 0 Å². The van der Waals surface area contributed by atoms with Gasteiger partial charge >= 0.3 is 6.18 Å². The van der Waals surface area contributed by atoms with E-state index in [4.69, 9.17) is 0 Å². The summed E-state index contributed by atoms with van der Waals surface area (Å²) in [5.41, 5.74) is 0.197. The molecule has 0 aromatic rings. The van der Waals surface area contributed by atoms with Gasteiger partial charge in [-0.25, -0.2) is 0 Å². The molecule has 0 radical (unpaired) electrons. The number of halogens is 3. The molecule has 1 atom stereocenters. The van der Waals surface area contributed by atoms with Crippen LogP contribution in [0.25, 0.3) is 0 Å². The van der Waals surface area contributed by atoms with Gasteiger partial charge in [0.15, 0.2) is 0 Å².